The Hall–Kier alpha value is -1.14. The summed E-state index contributed by atoms with van der Waals surface area (Å²) in [5.74, 6) is 0.806. The summed E-state index contributed by atoms with van der Waals surface area (Å²) < 4.78 is 4.98. The van der Waals surface area contributed by atoms with Gasteiger partial charge in [0.05, 0.1) is 5.41 Å². The molecule has 2 amide bonds. The number of hydrogen-bond donors (Lipinski definition) is 0. The highest BCUT2D eigenvalue weighted by Crippen LogP contribution is 2.62. The fourth-order valence-electron chi connectivity index (χ4n) is 5.61. The van der Waals surface area contributed by atoms with Crippen molar-refractivity contribution in [2.75, 3.05) is 61.0 Å². The lowest BCUT2D eigenvalue weighted by atomic mass is 9.65. The molecular formula is C18H31N3O3. The Bertz CT molecular complexity index is 514. The van der Waals surface area contributed by atoms with Gasteiger partial charge in [0, 0.05) is 47.4 Å². The van der Waals surface area contributed by atoms with Crippen LogP contribution >= 0.6 is 0 Å². The van der Waals surface area contributed by atoms with E-state index in [1.165, 1.54) is 0 Å². The van der Waals surface area contributed by atoms with E-state index in [0.717, 1.165) is 51.9 Å². The van der Waals surface area contributed by atoms with E-state index in [9.17, 15) is 9.59 Å². The van der Waals surface area contributed by atoms with E-state index in [1.54, 1.807) is 12.0 Å². The summed E-state index contributed by atoms with van der Waals surface area (Å²) in [6, 6.07) is 0. The normalized spacial score (nSPS) is 32.2. The van der Waals surface area contributed by atoms with Gasteiger partial charge in [0.1, 0.15) is 6.61 Å². The molecule has 0 bridgehead atoms. The summed E-state index contributed by atoms with van der Waals surface area (Å²) in [6.45, 7) is 3.65. The van der Waals surface area contributed by atoms with Gasteiger partial charge in [-0.15, -0.1) is 0 Å². The van der Waals surface area contributed by atoms with Gasteiger partial charge in [-0.3, -0.25) is 9.59 Å². The molecule has 24 heavy (non-hydrogen) atoms. The molecule has 2 heterocycles. The number of ether oxygens (including phenoxy) is 1. The highest BCUT2D eigenvalue weighted by atomic mass is 16.5. The maximum atomic E-state index is 13.0. The number of likely N-dealkylation sites (tertiary alicyclic amines) is 2. The van der Waals surface area contributed by atoms with E-state index in [0.29, 0.717) is 11.8 Å². The van der Waals surface area contributed by atoms with Gasteiger partial charge < -0.3 is 19.4 Å². The quantitative estimate of drug-likeness (QED) is 0.760. The molecule has 3 fully saturated rings. The molecule has 1 aliphatic carbocycles. The monoisotopic (exact) mass is 337 g/mol. The summed E-state index contributed by atoms with van der Waals surface area (Å²) in [6.07, 6.45) is 4.15. The average Bonchev–Trinajstić information content (AvgIpc) is 3.03. The van der Waals surface area contributed by atoms with Crippen molar-refractivity contribution in [1.29, 1.82) is 0 Å². The van der Waals surface area contributed by atoms with Crippen LogP contribution in [0.3, 0.4) is 0 Å². The Balaban J connectivity index is 1.77. The smallest absolute Gasteiger partial charge is 0.248 e. The number of hydrogen-bond acceptors (Lipinski definition) is 4. The summed E-state index contributed by atoms with van der Waals surface area (Å²) >= 11 is 0. The van der Waals surface area contributed by atoms with Crippen LogP contribution in [0.25, 0.3) is 0 Å². The Morgan fingerprint density at radius 3 is 2.42 bits per heavy atom. The number of nitrogens with zero attached hydrogens (tertiary/aromatic N) is 3. The van der Waals surface area contributed by atoms with Crippen molar-refractivity contribution in [2.45, 2.75) is 25.7 Å². The second kappa shape index (κ2) is 6.30. The van der Waals surface area contributed by atoms with Crippen LogP contribution in [0.1, 0.15) is 25.7 Å². The van der Waals surface area contributed by atoms with Crippen LogP contribution < -0.4 is 0 Å². The summed E-state index contributed by atoms with van der Waals surface area (Å²) in [7, 11) is 7.46. The van der Waals surface area contributed by atoms with Crippen LogP contribution in [0.2, 0.25) is 0 Å². The van der Waals surface area contributed by atoms with Gasteiger partial charge in [0.25, 0.3) is 0 Å². The first-order valence-electron chi connectivity index (χ1n) is 9.02. The predicted molar refractivity (Wildman–Crippen MR) is 91.5 cm³/mol. The van der Waals surface area contributed by atoms with Gasteiger partial charge in [-0.05, 0) is 44.1 Å². The predicted octanol–water partition coefficient (Wildman–Crippen LogP) is 0.672. The van der Waals surface area contributed by atoms with Crippen LogP contribution in [0, 0.1) is 16.7 Å². The Morgan fingerprint density at radius 1 is 1.17 bits per heavy atom. The number of rotatable bonds is 3. The van der Waals surface area contributed by atoms with Gasteiger partial charge in [-0.2, -0.15) is 0 Å². The average molecular weight is 337 g/mol. The molecule has 2 atom stereocenters. The molecule has 0 aromatic carbocycles. The van der Waals surface area contributed by atoms with E-state index < -0.39 is 0 Å². The SMILES string of the molecule is COCC(=O)N1CCC2(CC1)CC[C@@]1(C(=O)N(C)C)CN(C)C[C@@H]21. The minimum Gasteiger partial charge on any atom is -0.375 e. The minimum absolute atomic E-state index is 0.0875. The van der Waals surface area contributed by atoms with Gasteiger partial charge in [0.15, 0.2) is 0 Å². The molecule has 0 N–H and O–H groups in total. The molecule has 1 spiro atoms. The molecule has 3 aliphatic rings. The molecule has 6 heteroatoms. The second-order valence-electron chi connectivity index (χ2n) is 8.28. The van der Waals surface area contributed by atoms with Crippen LogP contribution in [0.5, 0.6) is 0 Å². The lowest BCUT2D eigenvalue weighted by Gasteiger charge is -2.44. The first-order chi connectivity index (χ1) is 11.3. The lowest BCUT2D eigenvalue weighted by molar-refractivity contribution is -0.143. The molecule has 2 saturated heterocycles. The van der Waals surface area contributed by atoms with Crippen molar-refractivity contribution in [3.63, 3.8) is 0 Å². The van der Waals surface area contributed by atoms with E-state index in [1.807, 2.05) is 19.0 Å². The summed E-state index contributed by atoms with van der Waals surface area (Å²) in [4.78, 5) is 31.1. The van der Waals surface area contributed by atoms with E-state index in [4.69, 9.17) is 4.74 Å². The zero-order valence-electron chi connectivity index (χ0n) is 15.5. The molecule has 0 aromatic rings. The first kappa shape index (κ1) is 17.7. The highest BCUT2D eigenvalue weighted by molar-refractivity contribution is 5.84. The number of piperidine rings is 1. The highest BCUT2D eigenvalue weighted by Gasteiger charge is 2.64. The standard InChI is InChI=1S/C18H31N3O3/c1-19(2)16(23)18-6-5-17(14(18)11-20(3)13-18)7-9-21(10-8-17)15(22)12-24-4/h14H,5-13H2,1-4H3/t14-,18+/m0/s1. The number of carbonyl (C=O) groups excluding carboxylic acids is 2. The summed E-state index contributed by atoms with van der Waals surface area (Å²) in [5, 5.41) is 0. The Morgan fingerprint density at radius 2 is 1.83 bits per heavy atom. The Labute approximate surface area is 145 Å². The van der Waals surface area contributed by atoms with Gasteiger partial charge in [-0.1, -0.05) is 0 Å². The fourth-order valence-corrected chi connectivity index (χ4v) is 5.61. The molecule has 0 radical (unpaired) electrons. The minimum atomic E-state index is -0.211. The number of carbonyl (C=O) groups is 2. The molecule has 2 aliphatic heterocycles. The van der Waals surface area contributed by atoms with Crippen LogP contribution in [-0.4, -0.2) is 87.6 Å². The third kappa shape index (κ3) is 2.64. The van der Waals surface area contributed by atoms with E-state index >= 15 is 0 Å². The van der Waals surface area contributed by atoms with Crippen molar-refractivity contribution >= 4 is 11.8 Å². The van der Waals surface area contributed by atoms with Crippen molar-refractivity contribution < 1.29 is 14.3 Å². The van der Waals surface area contributed by atoms with Gasteiger partial charge >= 0.3 is 0 Å². The summed E-state index contributed by atoms with van der Waals surface area (Å²) in [5.41, 5.74) is 0.0112. The van der Waals surface area contributed by atoms with Crippen LogP contribution in [0.4, 0.5) is 0 Å². The largest absolute Gasteiger partial charge is 0.375 e. The molecular weight excluding hydrogens is 306 g/mol. The van der Waals surface area contributed by atoms with Crippen molar-refractivity contribution in [3.05, 3.63) is 0 Å². The molecule has 0 aromatic heterocycles. The lowest BCUT2D eigenvalue weighted by Crippen LogP contribution is -2.50. The van der Waals surface area contributed by atoms with Crippen LogP contribution in [-0.2, 0) is 14.3 Å². The van der Waals surface area contributed by atoms with E-state index in [2.05, 4.69) is 11.9 Å². The third-order valence-corrected chi connectivity index (χ3v) is 6.73. The number of fused-ring (bicyclic) bond motifs is 2. The molecule has 3 rings (SSSR count). The van der Waals surface area contributed by atoms with Crippen molar-refractivity contribution in [1.82, 2.24) is 14.7 Å². The Kier molecular flexibility index (Phi) is 4.64. The maximum Gasteiger partial charge on any atom is 0.248 e. The molecule has 6 nitrogen and oxygen atoms in total. The van der Waals surface area contributed by atoms with Crippen molar-refractivity contribution in [3.8, 4) is 0 Å². The maximum absolute atomic E-state index is 13.0. The van der Waals surface area contributed by atoms with Crippen LogP contribution in [0.15, 0.2) is 0 Å². The fraction of sp³-hybridized carbons (Fsp3) is 0.889. The molecule has 0 unspecified atom stereocenters. The number of methoxy groups -OCH3 is 1. The molecule has 1 saturated carbocycles. The van der Waals surface area contributed by atoms with E-state index in [-0.39, 0.29) is 23.3 Å². The second-order valence-corrected chi connectivity index (χ2v) is 8.28. The zero-order chi connectivity index (χ0) is 17.5. The van der Waals surface area contributed by atoms with Crippen molar-refractivity contribution in [2.24, 2.45) is 16.7 Å². The zero-order valence-corrected chi connectivity index (χ0v) is 15.5. The third-order valence-electron chi connectivity index (χ3n) is 6.73. The number of amides is 2. The topological polar surface area (TPSA) is 53.1 Å². The van der Waals surface area contributed by atoms with Gasteiger partial charge in [0.2, 0.25) is 11.8 Å². The van der Waals surface area contributed by atoms with Gasteiger partial charge in [-0.25, -0.2) is 0 Å². The molecule has 136 valence electrons. The first-order valence-corrected chi connectivity index (χ1v) is 9.02.